The van der Waals surface area contributed by atoms with Crippen LogP contribution in [0.2, 0.25) is 0 Å². The van der Waals surface area contributed by atoms with Gasteiger partial charge >= 0.3 is 0 Å². The molecule has 0 fully saturated rings. The highest BCUT2D eigenvalue weighted by molar-refractivity contribution is 5.98. The van der Waals surface area contributed by atoms with Crippen molar-refractivity contribution in [3.8, 4) is 0 Å². The predicted molar refractivity (Wildman–Crippen MR) is 46.6 cm³/mol. The van der Waals surface area contributed by atoms with Crippen LogP contribution in [0, 0.1) is 0 Å². The van der Waals surface area contributed by atoms with Crippen molar-refractivity contribution < 1.29 is 10.4 Å². The highest BCUT2D eigenvalue weighted by atomic mass is 16.5. The molecular weight excluding hydrogens is 172 g/mol. The minimum Gasteiger partial charge on any atom is -0.366 e. The Hall–Kier alpha value is -1.79. The molecule has 0 amide bonds. The largest absolute Gasteiger partial charge is 0.366 e. The van der Waals surface area contributed by atoms with E-state index in [9.17, 15) is 10.4 Å². The van der Waals surface area contributed by atoms with E-state index in [-0.39, 0.29) is 5.96 Å². The second-order valence-electron chi connectivity index (χ2n) is 2.55. The van der Waals surface area contributed by atoms with Gasteiger partial charge in [-0.1, -0.05) is 12.1 Å². The van der Waals surface area contributed by atoms with E-state index in [0.717, 1.165) is 0 Å². The Morgan fingerprint density at radius 3 is 2.46 bits per heavy atom. The predicted octanol–water partition coefficient (Wildman–Crippen LogP) is 0.321. The highest BCUT2D eigenvalue weighted by Crippen LogP contribution is 2.30. The minimum atomic E-state index is -0.179. The molecule has 1 heterocycles. The number of para-hydroxylation sites is 2. The van der Waals surface area contributed by atoms with Crippen LogP contribution < -0.4 is 16.0 Å². The lowest BCUT2D eigenvalue weighted by atomic mass is 10.2. The first-order valence-corrected chi connectivity index (χ1v) is 3.61. The first-order valence-electron chi connectivity index (χ1n) is 3.61. The maximum atomic E-state index is 9.39. The van der Waals surface area contributed by atoms with E-state index in [1.807, 2.05) is 0 Å². The number of fused-ring (bicyclic) bond motifs is 1. The lowest BCUT2D eigenvalue weighted by molar-refractivity contribution is 0.245. The molecule has 0 spiro atoms. The molecule has 4 N–H and O–H groups in total. The zero-order valence-electron chi connectivity index (χ0n) is 6.62. The van der Waals surface area contributed by atoms with E-state index in [0.29, 0.717) is 21.6 Å². The monoisotopic (exact) mass is 180 g/mol. The molecule has 0 aromatic heterocycles. The van der Waals surface area contributed by atoms with Gasteiger partial charge in [-0.3, -0.25) is 10.4 Å². The van der Waals surface area contributed by atoms with Crippen molar-refractivity contribution in [3.05, 3.63) is 24.3 Å². The summed E-state index contributed by atoms with van der Waals surface area (Å²) in [7, 11) is 0. The van der Waals surface area contributed by atoms with E-state index >= 15 is 0 Å². The molecule has 2 rings (SSSR count). The van der Waals surface area contributed by atoms with Crippen LogP contribution in [-0.4, -0.2) is 16.4 Å². The van der Waals surface area contributed by atoms with E-state index in [4.69, 9.17) is 5.73 Å². The summed E-state index contributed by atoms with van der Waals surface area (Å²) in [5.74, 6) is -0.179. The van der Waals surface area contributed by atoms with E-state index in [1.54, 1.807) is 24.3 Å². The number of hydroxylamine groups is 1. The zero-order valence-corrected chi connectivity index (χ0v) is 6.62. The van der Waals surface area contributed by atoms with Crippen molar-refractivity contribution in [3.63, 3.8) is 0 Å². The third kappa shape index (κ3) is 1.08. The van der Waals surface area contributed by atoms with Gasteiger partial charge in [0.2, 0.25) is 5.96 Å². The van der Waals surface area contributed by atoms with Gasteiger partial charge in [-0.25, -0.2) is 0 Å². The van der Waals surface area contributed by atoms with Crippen LogP contribution in [0.1, 0.15) is 0 Å². The fourth-order valence-electron chi connectivity index (χ4n) is 1.13. The van der Waals surface area contributed by atoms with Crippen LogP contribution in [0.5, 0.6) is 0 Å². The number of benzene rings is 1. The lowest BCUT2D eigenvalue weighted by Gasteiger charge is -2.26. The average molecular weight is 180 g/mol. The van der Waals surface area contributed by atoms with E-state index in [1.165, 1.54) is 0 Å². The average Bonchev–Trinajstić information content (AvgIpc) is 2.15. The van der Waals surface area contributed by atoms with Crippen LogP contribution in [0.4, 0.5) is 11.4 Å². The maximum Gasteiger partial charge on any atom is 0.245 e. The molecule has 6 nitrogen and oxygen atoms in total. The third-order valence-corrected chi connectivity index (χ3v) is 1.74. The smallest absolute Gasteiger partial charge is 0.245 e. The van der Waals surface area contributed by atoms with Crippen LogP contribution >= 0.6 is 0 Å². The van der Waals surface area contributed by atoms with Crippen molar-refractivity contribution in [2.75, 3.05) is 10.2 Å². The summed E-state index contributed by atoms with van der Waals surface area (Å²) in [4.78, 5) is 0. The Morgan fingerprint density at radius 2 is 1.77 bits per heavy atom. The van der Waals surface area contributed by atoms with Crippen molar-refractivity contribution in [1.82, 2.24) is 0 Å². The summed E-state index contributed by atoms with van der Waals surface area (Å²) in [5.41, 5.74) is 6.07. The molecule has 1 aromatic rings. The summed E-state index contributed by atoms with van der Waals surface area (Å²) in [6.07, 6.45) is 0. The SMILES string of the molecule is NC1=NN(O)c2ccccc2N1O. The molecule has 0 aliphatic carbocycles. The number of hydrogen-bond donors (Lipinski definition) is 3. The molecule has 1 aliphatic rings. The number of rotatable bonds is 0. The quantitative estimate of drug-likeness (QED) is 0.535. The normalized spacial score (nSPS) is 15.4. The van der Waals surface area contributed by atoms with Crippen molar-refractivity contribution >= 4 is 17.3 Å². The van der Waals surface area contributed by atoms with Gasteiger partial charge in [-0.2, -0.15) is 5.06 Å². The first-order chi connectivity index (χ1) is 6.20. The van der Waals surface area contributed by atoms with Gasteiger partial charge in [0.05, 0.1) is 0 Å². The molecule has 0 bridgehead atoms. The van der Waals surface area contributed by atoms with Gasteiger partial charge in [-0.05, 0) is 12.1 Å². The van der Waals surface area contributed by atoms with Crippen LogP contribution in [0.25, 0.3) is 0 Å². The van der Waals surface area contributed by atoms with Crippen molar-refractivity contribution in [2.45, 2.75) is 0 Å². The molecule has 0 saturated carbocycles. The number of nitrogens with zero attached hydrogens (tertiary/aromatic N) is 3. The second-order valence-corrected chi connectivity index (χ2v) is 2.55. The molecule has 13 heavy (non-hydrogen) atoms. The fraction of sp³-hybridized carbons (Fsp3) is 0. The van der Waals surface area contributed by atoms with Crippen LogP contribution in [-0.2, 0) is 0 Å². The summed E-state index contributed by atoms with van der Waals surface area (Å²) in [6.45, 7) is 0. The Morgan fingerprint density at radius 1 is 1.15 bits per heavy atom. The second kappa shape index (κ2) is 2.61. The number of hydrazone groups is 1. The highest BCUT2D eigenvalue weighted by Gasteiger charge is 2.21. The molecular formula is C7H8N4O2. The van der Waals surface area contributed by atoms with Gasteiger partial charge in [0.25, 0.3) is 0 Å². The topological polar surface area (TPSA) is 85.3 Å². The van der Waals surface area contributed by atoms with E-state index in [2.05, 4.69) is 5.10 Å². The van der Waals surface area contributed by atoms with Gasteiger partial charge in [0.15, 0.2) is 0 Å². The Kier molecular flexibility index (Phi) is 1.57. The van der Waals surface area contributed by atoms with Gasteiger partial charge in [0.1, 0.15) is 11.4 Å². The molecule has 6 heteroatoms. The van der Waals surface area contributed by atoms with Crippen LogP contribution in [0.3, 0.4) is 0 Å². The van der Waals surface area contributed by atoms with Crippen molar-refractivity contribution in [1.29, 1.82) is 0 Å². The molecule has 0 saturated heterocycles. The third-order valence-electron chi connectivity index (χ3n) is 1.74. The summed E-state index contributed by atoms with van der Waals surface area (Å²) < 4.78 is 0. The minimum absolute atomic E-state index is 0.179. The Bertz CT molecular complexity index is 365. The Balaban J connectivity index is 2.55. The molecule has 0 unspecified atom stereocenters. The fourth-order valence-corrected chi connectivity index (χ4v) is 1.13. The summed E-state index contributed by atoms with van der Waals surface area (Å²) in [5, 5.41) is 23.5. The number of anilines is 2. The van der Waals surface area contributed by atoms with Gasteiger partial charge < -0.3 is 5.73 Å². The van der Waals surface area contributed by atoms with Crippen molar-refractivity contribution in [2.24, 2.45) is 10.8 Å². The standard InChI is InChI=1S/C7H8N4O2/c8-7-9-11(13)6-4-2-1-3-5(6)10(7)12/h1-4,12-13H,(H2,8,9). The summed E-state index contributed by atoms with van der Waals surface area (Å²) in [6, 6.07) is 6.65. The summed E-state index contributed by atoms with van der Waals surface area (Å²) >= 11 is 0. The van der Waals surface area contributed by atoms with E-state index < -0.39 is 0 Å². The molecule has 1 aromatic carbocycles. The zero-order chi connectivity index (χ0) is 9.42. The maximum absolute atomic E-state index is 9.39. The van der Waals surface area contributed by atoms with Gasteiger partial charge in [0, 0.05) is 0 Å². The Labute approximate surface area is 74.0 Å². The van der Waals surface area contributed by atoms with Crippen LogP contribution in [0.15, 0.2) is 29.4 Å². The lowest BCUT2D eigenvalue weighted by Crippen LogP contribution is -2.40. The first kappa shape index (κ1) is 7.84. The molecule has 1 aliphatic heterocycles. The molecule has 0 atom stereocenters. The number of nitrogens with two attached hydrogens (primary N) is 1. The number of hydrogen-bond acceptors (Lipinski definition) is 6. The van der Waals surface area contributed by atoms with Gasteiger partial charge in [-0.15, -0.1) is 10.3 Å². The number of guanidine groups is 1. The molecule has 68 valence electrons. The molecule has 0 radical (unpaired) electrons.